The van der Waals surface area contributed by atoms with Crippen LogP contribution in [-0.2, 0) is 17.9 Å². The van der Waals surface area contributed by atoms with E-state index < -0.39 is 6.09 Å². The van der Waals surface area contributed by atoms with E-state index in [1.165, 1.54) is 10.6 Å². The molecule has 0 spiro atoms. The highest BCUT2D eigenvalue weighted by Crippen LogP contribution is 2.29. The highest BCUT2D eigenvalue weighted by Gasteiger charge is 2.33. The summed E-state index contributed by atoms with van der Waals surface area (Å²) in [5.41, 5.74) is 4.74. The number of carbonyl (C=O) groups excluding carboxylic acids is 2. The van der Waals surface area contributed by atoms with Crippen molar-refractivity contribution in [2.75, 3.05) is 26.2 Å². The predicted molar refractivity (Wildman–Crippen MR) is 122 cm³/mol. The van der Waals surface area contributed by atoms with E-state index in [1.54, 1.807) is 4.90 Å². The summed E-state index contributed by atoms with van der Waals surface area (Å²) in [6, 6.07) is 26.0. The highest BCUT2D eigenvalue weighted by molar-refractivity contribution is 5.99. The van der Waals surface area contributed by atoms with Crippen molar-refractivity contribution < 1.29 is 14.4 Å². The van der Waals surface area contributed by atoms with E-state index in [0.717, 1.165) is 36.3 Å². The van der Waals surface area contributed by atoms with Crippen LogP contribution in [0.2, 0.25) is 0 Å². The molecular formula is C26H25N3O3. The lowest BCUT2D eigenvalue weighted by Crippen LogP contribution is -2.49. The van der Waals surface area contributed by atoms with Crippen molar-refractivity contribution in [3.8, 4) is 11.1 Å². The summed E-state index contributed by atoms with van der Waals surface area (Å²) in [6.07, 6.45) is -0.464. The number of hydroxylamine groups is 2. The zero-order valence-corrected chi connectivity index (χ0v) is 17.8. The van der Waals surface area contributed by atoms with Crippen LogP contribution in [0.5, 0.6) is 0 Å². The number of piperazine rings is 1. The van der Waals surface area contributed by atoms with Crippen LogP contribution in [0.25, 0.3) is 11.1 Å². The average molecular weight is 428 g/mol. The van der Waals surface area contributed by atoms with Crippen LogP contribution in [-0.4, -0.2) is 53.0 Å². The van der Waals surface area contributed by atoms with Gasteiger partial charge in [-0.1, -0.05) is 72.8 Å². The number of benzene rings is 3. The minimum absolute atomic E-state index is 0.270. The van der Waals surface area contributed by atoms with E-state index in [0.29, 0.717) is 18.7 Å². The Hall–Kier alpha value is -3.64. The SMILES string of the molecule is O=C(ON1Cc2ccc(-c3ccccc3)cc2C1=O)N1CCN(Cc2ccccc2)CC1. The molecule has 3 aromatic carbocycles. The van der Waals surface area contributed by atoms with Gasteiger partial charge in [-0.05, 0) is 28.3 Å². The second-order valence-electron chi connectivity index (χ2n) is 8.19. The zero-order valence-electron chi connectivity index (χ0n) is 17.8. The molecule has 2 aliphatic rings. The molecule has 32 heavy (non-hydrogen) atoms. The molecule has 0 aromatic heterocycles. The van der Waals surface area contributed by atoms with Gasteiger partial charge in [0.05, 0.1) is 6.54 Å². The first kappa shape index (κ1) is 20.3. The Bertz CT molecular complexity index is 1110. The van der Waals surface area contributed by atoms with Crippen molar-refractivity contribution in [3.05, 3.63) is 95.6 Å². The lowest BCUT2D eigenvalue weighted by Gasteiger charge is -2.34. The van der Waals surface area contributed by atoms with E-state index in [4.69, 9.17) is 4.84 Å². The van der Waals surface area contributed by atoms with E-state index in [1.807, 2.05) is 66.7 Å². The van der Waals surface area contributed by atoms with Gasteiger partial charge in [-0.2, -0.15) is 5.06 Å². The highest BCUT2D eigenvalue weighted by atomic mass is 16.7. The van der Waals surface area contributed by atoms with Gasteiger partial charge in [0.1, 0.15) is 0 Å². The van der Waals surface area contributed by atoms with Crippen LogP contribution < -0.4 is 0 Å². The maximum Gasteiger partial charge on any atom is 0.434 e. The molecule has 0 saturated carbocycles. The third-order valence-electron chi connectivity index (χ3n) is 6.06. The summed E-state index contributed by atoms with van der Waals surface area (Å²) >= 11 is 0. The van der Waals surface area contributed by atoms with Crippen LogP contribution >= 0.6 is 0 Å². The third kappa shape index (κ3) is 4.22. The number of fused-ring (bicyclic) bond motifs is 1. The molecule has 0 atom stereocenters. The Labute approximate surface area is 187 Å². The predicted octanol–water partition coefficient (Wildman–Crippen LogP) is 4.18. The van der Waals surface area contributed by atoms with Crippen molar-refractivity contribution in [2.24, 2.45) is 0 Å². The molecular weight excluding hydrogens is 402 g/mol. The quantitative estimate of drug-likeness (QED) is 0.627. The maximum atomic E-state index is 12.9. The Morgan fingerprint density at radius 2 is 1.50 bits per heavy atom. The first-order valence-corrected chi connectivity index (χ1v) is 10.9. The maximum absolute atomic E-state index is 12.9. The van der Waals surface area contributed by atoms with Gasteiger partial charge >= 0.3 is 6.09 Å². The number of carbonyl (C=O) groups is 2. The molecule has 2 heterocycles. The molecule has 1 saturated heterocycles. The number of rotatable bonds is 4. The van der Waals surface area contributed by atoms with Gasteiger partial charge in [0.15, 0.2) is 0 Å². The fourth-order valence-corrected chi connectivity index (χ4v) is 4.24. The molecule has 2 aliphatic heterocycles. The van der Waals surface area contributed by atoms with Crippen LogP contribution in [0.15, 0.2) is 78.9 Å². The average Bonchev–Trinajstić information content (AvgIpc) is 3.15. The summed E-state index contributed by atoms with van der Waals surface area (Å²) in [5, 5.41) is 1.18. The first-order valence-electron chi connectivity index (χ1n) is 10.9. The van der Waals surface area contributed by atoms with Gasteiger partial charge in [-0.25, -0.2) is 4.79 Å². The molecule has 2 amide bonds. The summed E-state index contributed by atoms with van der Waals surface area (Å²) in [5.74, 6) is -0.270. The Kier molecular flexibility index (Phi) is 5.60. The van der Waals surface area contributed by atoms with E-state index >= 15 is 0 Å². The minimum Gasteiger partial charge on any atom is -0.318 e. The summed E-state index contributed by atoms with van der Waals surface area (Å²) in [7, 11) is 0. The molecule has 162 valence electrons. The van der Waals surface area contributed by atoms with Crippen LogP contribution in [0.4, 0.5) is 4.79 Å². The second-order valence-corrected chi connectivity index (χ2v) is 8.19. The second kappa shape index (κ2) is 8.85. The van der Waals surface area contributed by atoms with Crippen LogP contribution in [0.1, 0.15) is 21.5 Å². The van der Waals surface area contributed by atoms with Crippen molar-refractivity contribution in [1.29, 1.82) is 0 Å². The fourth-order valence-electron chi connectivity index (χ4n) is 4.24. The summed E-state index contributed by atoms with van der Waals surface area (Å²) < 4.78 is 0. The molecule has 0 N–H and O–H groups in total. The van der Waals surface area contributed by atoms with E-state index in [-0.39, 0.29) is 12.5 Å². The van der Waals surface area contributed by atoms with Crippen molar-refractivity contribution in [3.63, 3.8) is 0 Å². The molecule has 0 unspecified atom stereocenters. The van der Waals surface area contributed by atoms with E-state index in [9.17, 15) is 9.59 Å². The Morgan fingerprint density at radius 1 is 0.812 bits per heavy atom. The third-order valence-corrected chi connectivity index (χ3v) is 6.06. The lowest BCUT2D eigenvalue weighted by molar-refractivity contribution is -0.0855. The normalized spacial score (nSPS) is 16.2. The molecule has 6 heteroatoms. The van der Waals surface area contributed by atoms with Crippen molar-refractivity contribution >= 4 is 12.0 Å². The molecule has 6 nitrogen and oxygen atoms in total. The molecule has 1 fully saturated rings. The number of amides is 2. The number of hydrogen-bond acceptors (Lipinski definition) is 4. The van der Waals surface area contributed by atoms with Gasteiger partial charge < -0.3 is 9.74 Å². The van der Waals surface area contributed by atoms with Crippen molar-refractivity contribution in [1.82, 2.24) is 14.9 Å². The number of hydrogen-bond donors (Lipinski definition) is 0. The van der Waals surface area contributed by atoms with Gasteiger partial charge in [0.25, 0.3) is 5.91 Å². The van der Waals surface area contributed by atoms with Gasteiger partial charge in [0.2, 0.25) is 0 Å². The largest absolute Gasteiger partial charge is 0.434 e. The smallest absolute Gasteiger partial charge is 0.318 e. The molecule has 3 aromatic rings. The van der Waals surface area contributed by atoms with Crippen LogP contribution in [0, 0.1) is 0 Å². The van der Waals surface area contributed by atoms with Crippen molar-refractivity contribution in [2.45, 2.75) is 13.1 Å². The zero-order chi connectivity index (χ0) is 21.9. The molecule has 5 rings (SSSR count). The standard InChI is InChI=1S/C26H25N3O3/c30-25-24-17-22(21-9-5-2-6-10-21)11-12-23(24)19-29(25)32-26(31)28-15-13-27(14-16-28)18-20-7-3-1-4-8-20/h1-12,17H,13-16,18-19H2. The van der Waals surface area contributed by atoms with E-state index in [2.05, 4.69) is 17.0 Å². The summed E-state index contributed by atoms with van der Waals surface area (Å²) in [6.45, 7) is 3.87. The van der Waals surface area contributed by atoms with Crippen LogP contribution in [0.3, 0.4) is 0 Å². The van der Waals surface area contributed by atoms with Gasteiger partial charge in [-0.15, -0.1) is 0 Å². The summed E-state index contributed by atoms with van der Waals surface area (Å²) in [4.78, 5) is 35.1. The fraction of sp³-hybridized carbons (Fsp3) is 0.231. The molecule has 0 bridgehead atoms. The molecule has 0 radical (unpaired) electrons. The van der Waals surface area contributed by atoms with Gasteiger partial charge in [0, 0.05) is 38.3 Å². The first-order chi connectivity index (χ1) is 15.7. The number of nitrogens with zero attached hydrogens (tertiary/aromatic N) is 3. The minimum atomic E-state index is -0.464. The molecule has 0 aliphatic carbocycles. The monoisotopic (exact) mass is 427 g/mol. The van der Waals surface area contributed by atoms with Gasteiger partial charge in [-0.3, -0.25) is 9.69 Å². The Balaban J connectivity index is 1.18. The topological polar surface area (TPSA) is 53.1 Å². The lowest BCUT2D eigenvalue weighted by atomic mass is 10.0. The Morgan fingerprint density at radius 3 is 2.22 bits per heavy atom.